The highest BCUT2D eigenvalue weighted by Crippen LogP contribution is 2.31. The molecule has 0 bridgehead atoms. The molecule has 0 aromatic heterocycles. The van der Waals surface area contributed by atoms with Gasteiger partial charge in [-0.3, -0.25) is 19.3 Å². The third-order valence-corrected chi connectivity index (χ3v) is 6.66. The highest BCUT2D eigenvalue weighted by molar-refractivity contribution is 5.80. The molecule has 2 amide bonds. The number of esters is 1. The van der Waals surface area contributed by atoms with E-state index in [4.69, 9.17) is 10.5 Å². The van der Waals surface area contributed by atoms with Gasteiger partial charge in [0.1, 0.15) is 0 Å². The standard InChI is InChI=1S/C24H35N3O4/c1-2-31-23(29)16-19-10-14-27(22(28)15-18-7-4-3-5-8-18)17-20(19)11-13-26-12-6-9-21(26)24(25)30/h3-5,7-8,19-21H,2,6,9-17H2,1H3,(H2,25,30). The summed E-state index contributed by atoms with van der Waals surface area (Å²) in [6, 6.07) is 9.59. The molecule has 0 aliphatic carbocycles. The Labute approximate surface area is 184 Å². The average molecular weight is 430 g/mol. The van der Waals surface area contributed by atoms with Crippen LogP contribution in [-0.2, 0) is 25.5 Å². The molecule has 2 heterocycles. The fourth-order valence-corrected chi connectivity index (χ4v) is 4.97. The first-order valence-electron chi connectivity index (χ1n) is 11.5. The third-order valence-electron chi connectivity index (χ3n) is 6.66. The SMILES string of the molecule is CCOC(=O)CC1CCN(C(=O)Cc2ccccc2)CC1CCN1CCCC1C(N)=O. The van der Waals surface area contributed by atoms with Gasteiger partial charge in [-0.05, 0) is 63.1 Å². The first-order chi connectivity index (χ1) is 15.0. The number of nitrogens with zero attached hydrogens (tertiary/aromatic N) is 2. The number of ether oxygens (including phenoxy) is 1. The molecule has 2 aliphatic rings. The van der Waals surface area contributed by atoms with Gasteiger partial charge in [0, 0.05) is 19.5 Å². The number of carbonyl (C=O) groups excluding carboxylic acids is 3. The van der Waals surface area contributed by atoms with Crippen LogP contribution in [0.4, 0.5) is 0 Å². The third kappa shape index (κ3) is 6.53. The maximum absolute atomic E-state index is 12.9. The smallest absolute Gasteiger partial charge is 0.306 e. The Balaban J connectivity index is 1.62. The van der Waals surface area contributed by atoms with Crippen molar-refractivity contribution in [3.8, 4) is 0 Å². The van der Waals surface area contributed by atoms with Crippen molar-refractivity contribution in [1.29, 1.82) is 0 Å². The number of amides is 2. The summed E-state index contributed by atoms with van der Waals surface area (Å²) >= 11 is 0. The van der Waals surface area contributed by atoms with Crippen molar-refractivity contribution in [3.63, 3.8) is 0 Å². The summed E-state index contributed by atoms with van der Waals surface area (Å²) in [5.41, 5.74) is 6.58. The van der Waals surface area contributed by atoms with Crippen molar-refractivity contribution in [3.05, 3.63) is 35.9 Å². The largest absolute Gasteiger partial charge is 0.466 e. The molecule has 2 N–H and O–H groups in total. The Bertz CT molecular complexity index is 754. The normalized spacial score (nSPS) is 24.2. The summed E-state index contributed by atoms with van der Waals surface area (Å²) in [5.74, 6) is 0.0880. The molecule has 170 valence electrons. The van der Waals surface area contributed by atoms with Crippen LogP contribution in [0.25, 0.3) is 0 Å². The molecule has 2 fully saturated rings. The van der Waals surface area contributed by atoms with Crippen molar-refractivity contribution in [2.45, 2.75) is 51.5 Å². The maximum Gasteiger partial charge on any atom is 0.306 e. The minimum absolute atomic E-state index is 0.127. The summed E-state index contributed by atoms with van der Waals surface area (Å²) in [6.45, 7) is 5.14. The second kappa shape index (κ2) is 11.3. The lowest BCUT2D eigenvalue weighted by Gasteiger charge is -2.39. The van der Waals surface area contributed by atoms with E-state index in [9.17, 15) is 14.4 Å². The number of carbonyl (C=O) groups is 3. The Morgan fingerprint density at radius 1 is 1.10 bits per heavy atom. The van der Waals surface area contributed by atoms with Gasteiger partial charge < -0.3 is 15.4 Å². The molecule has 7 nitrogen and oxygen atoms in total. The van der Waals surface area contributed by atoms with E-state index in [1.807, 2.05) is 42.2 Å². The van der Waals surface area contributed by atoms with Gasteiger partial charge in [-0.1, -0.05) is 30.3 Å². The molecular formula is C24H35N3O4. The molecular weight excluding hydrogens is 394 g/mol. The highest BCUT2D eigenvalue weighted by atomic mass is 16.5. The zero-order valence-electron chi connectivity index (χ0n) is 18.5. The van der Waals surface area contributed by atoms with Crippen molar-refractivity contribution in [2.75, 3.05) is 32.8 Å². The van der Waals surface area contributed by atoms with Gasteiger partial charge in [0.2, 0.25) is 11.8 Å². The molecule has 7 heteroatoms. The predicted octanol–water partition coefficient (Wildman–Crippen LogP) is 1.99. The van der Waals surface area contributed by atoms with E-state index in [2.05, 4.69) is 4.90 Å². The molecule has 2 aliphatic heterocycles. The minimum atomic E-state index is -0.260. The van der Waals surface area contributed by atoms with Crippen molar-refractivity contribution >= 4 is 17.8 Å². The van der Waals surface area contributed by atoms with Gasteiger partial charge in [0.05, 0.1) is 19.1 Å². The number of primary amides is 1. The van der Waals surface area contributed by atoms with Crippen LogP contribution in [0.2, 0.25) is 0 Å². The van der Waals surface area contributed by atoms with E-state index < -0.39 is 0 Å². The molecule has 31 heavy (non-hydrogen) atoms. The van der Waals surface area contributed by atoms with Crippen molar-refractivity contribution < 1.29 is 19.1 Å². The number of piperidine rings is 1. The molecule has 0 spiro atoms. The molecule has 2 saturated heterocycles. The van der Waals surface area contributed by atoms with Crippen LogP contribution in [0.3, 0.4) is 0 Å². The summed E-state index contributed by atoms with van der Waals surface area (Å²) in [5, 5.41) is 0. The van der Waals surface area contributed by atoms with Gasteiger partial charge >= 0.3 is 5.97 Å². The summed E-state index contributed by atoms with van der Waals surface area (Å²) in [4.78, 5) is 40.9. The first-order valence-corrected chi connectivity index (χ1v) is 11.5. The van der Waals surface area contributed by atoms with E-state index >= 15 is 0 Å². The van der Waals surface area contributed by atoms with Gasteiger partial charge in [-0.15, -0.1) is 0 Å². The van der Waals surface area contributed by atoms with Crippen molar-refractivity contribution in [1.82, 2.24) is 9.80 Å². The van der Waals surface area contributed by atoms with Gasteiger partial charge in [-0.2, -0.15) is 0 Å². The lowest BCUT2D eigenvalue weighted by molar-refractivity contribution is -0.145. The van der Waals surface area contributed by atoms with Crippen molar-refractivity contribution in [2.24, 2.45) is 17.6 Å². The minimum Gasteiger partial charge on any atom is -0.466 e. The number of hydrogen-bond donors (Lipinski definition) is 1. The molecule has 0 saturated carbocycles. The van der Waals surface area contributed by atoms with Gasteiger partial charge in [0.15, 0.2) is 0 Å². The first kappa shape index (κ1) is 23.3. The zero-order valence-corrected chi connectivity index (χ0v) is 18.5. The Morgan fingerprint density at radius 3 is 2.58 bits per heavy atom. The van der Waals surface area contributed by atoms with Gasteiger partial charge in [-0.25, -0.2) is 0 Å². The summed E-state index contributed by atoms with van der Waals surface area (Å²) < 4.78 is 5.18. The second-order valence-corrected chi connectivity index (χ2v) is 8.71. The van der Waals surface area contributed by atoms with Crippen LogP contribution in [-0.4, -0.2) is 66.4 Å². The van der Waals surface area contributed by atoms with Crippen LogP contribution in [0.5, 0.6) is 0 Å². The topological polar surface area (TPSA) is 92.9 Å². The fourth-order valence-electron chi connectivity index (χ4n) is 4.97. The fraction of sp³-hybridized carbons (Fsp3) is 0.625. The van der Waals surface area contributed by atoms with Crippen LogP contribution in [0.1, 0.15) is 44.6 Å². The monoisotopic (exact) mass is 429 g/mol. The van der Waals surface area contributed by atoms with Crippen LogP contribution < -0.4 is 5.73 Å². The quantitative estimate of drug-likeness (QED) is 0.606. The lowest BCUT2D eigenvalue weighted by Crippen LogP contribution is -2.47. The molecule has 3 atom stereocenters. The predicted molar refractivity (Wildman–Crippen MR) is 118 cm³/mol. The molecule has 3 unspecified atom stereocenters. The lowest BCUT2D eigenvalue weighted by atomic mass is 9.80. The number of rotatable bonds is 9. The number of benzene rings is 1. The maximum atomic E-state index is 12.9. The Hall–Kier alpha value is -2.41. The molecule has 1 aromatic carbocycles. The average Bonchev–Trinajstić information content (AvgIpc) is 3.23. The number of nitrogens with two attached hydrogens (primary N) is 1. The van der Waals surface area contributed by atoms with Crippen LogP contribution in [0.15, 0.2) is 30.3 Å². The molecule has 3 rings (SSSR count). The number of likely N-dealkylation sites (tertiary alicyclic amines) is 2. The van der Waals surface area contributed by atoms with E-state index in [-0.39, 0.29) is 35.7 Å². The van der Waals surface area contributed by atoms with Crippen LogP contribution >= 0.6 is 0 Å². The Kier molecular flexibility index (Phi) is 8.46. The summed E-state index contributed by atoms with van der Waals surface area (Å²) in [6.07, 6.45) is 4.21. The Morgan fingerprint density at radius 2 is 1.87 bits per heavy atom. The van der Waals surface area contributed by atoms with E-state index in [1.165, 1.54) is 0 Å². The van der Waals surface area contributed by atoms with E-state index in [1.54, 1.807) is 0 Å². The molecule has 1 aromatic rings. The zero-order chi connectivity index (χ0) is 22.2. The molecule has 0 radical (unpaired) electrons. The van der Waals surface area contributed by atoms with Gasteiger partial charge in [0.25, 0.3) is 0 Å². The highest BCUT2D eigenvalue weighted by Gasteiger charge is 2.35. The van der Waals surface area contributed by atoms with E-state index in [0.29, 0.717) is 32.5 Å². The summed E-state index contributed by atoms with van der Waals surface area (Å²) in [7, 11) is 0. The van der Waals surface area contributed by atoms with E-state index in [0.717, 1.165) is 44.3 Å². The second-order valence-electron chi connectivity index (χ2n) is 8.71. The number of hydrogen-bond acceptors (Lipinski definition) is 5. The van der Waals surface area contributed by atoms with Crippen LogP contribution in [0, 0.1) is 11.8 Å².